The monoisotopic (exact) mass is 374 g/mol. The topological polar surface area (TPSA) is 60.4 Å². The Labute approximate surface area is 152 Å². The van der Waals surface area contributed by atoms with E-state index in [-0.39, 0.29) is 11.5 Å². The molecule has 0 aromatic heterocycles. The lowest BCUT2D eigenvalue weighted by Crippen LogP contribution is -2.28. The number of thiocarbonyl (C=S) groups is 1. The lowest BCUT2D eigenvalue weighted by molar-refractivity contribution is -0.255. The molecule has 1 amide bonds. The first-order valence-corrected chi connectivity index (χ1v) is 8.41. The van der Waals surface area contributed by atoms with Gasteiger partial charge < -0.3 is 9.90 Å². The summed E-state index contributed by atoms with van der Waals surface area (Å²) in [4.78, 5) is 25.3. The third kappa shape index (κ3) is 3.36. The van der Waals surface area contributed by atoms with Crippen molar-refractivity contribution in [2.75, 3.05) is 4.90 Å². The summed E-state index contributed by atoms with van der Waals surface area (Å²) in [6.07, 6.45) is 1.74. The van der Waals surface area contributed by atoms with Crippen LogP contribution in [0.5, 0.6) is 0 Å². The van der Waals surface area contributed by atoms with E-state index >= 15 is 0 Å². The summed E-state index contributed by atoms with van der Waals surface area (Å²) in [5, 5.41) is 11.4. The highest BCUT2D eigenvalue weighted by atomic mass is 35.5. The molecule has 7 heteroatoms. The van der Waals surface area contributed by atoms with Gasteiger partial charge in [-0.1, -0.05) is 59.8 Å². The lowest BCUT2D eigenvalue weighted by atomic mass is 10.2. The molecule has 120 valence electrons. The second-order valence-electron chi connectivity index (χ2n) is 4.90. The van der Waals surface area contributed by atoms with Gasteiger partial charge in [0.1, 0.15) is 0 Å². The Hall–Kier alpha value is -2.15. The van der Waals surface area contributed by atoms with Gasteiger partial charge in [-0.3, -0.25) is 9.69 Å². The quantitative estimate of drug-likeness (QED) is 0.610. The van der Waals surface area contributed by atoms with E-state index in [2.05, 4.69) is 0 Å². The number of carbonyl (C=O) groups is 2. The van der Waals surface area contributed by atoms with E-state index in [4.69, 9.17) is 23.8 Å². The summed E-state index contributed by atoms with van der Waals surface area (Å²) >= 11 is 12.3. The number of rotatable bonds is 3. The van der Waals surface area contributed by atoms with Gasteiger partial charge in [-0.2, -0.15) is 0 Å². The zero-order valence-corrected chi connectivity index (χ0v) is 14.5. The van der Waals surface area contributed by atoms with E-state index in [0.717, 1.165) is 5.56 Å². The van der Waals surface area contributed by atoms with Gasteiger partial charge >= 0.3 is 0 Å². The fraction of sp³-hybridized carbons (Fsp3) is 0. The largest absolute Gasteiger partial charge is 0.545 e. The number of thioether (sulfide) groups is 1. The van der Waals surface area contributed by atoms with Crippen molar-refractivity contribution in [1.82, 2.24) is 0 Å². The number of benzene rings is 2. The maximum atomic E-state index is 12.6. The van der Waals surface area contributed by atoms with Gasteiger partial charge in [0.25, 0.3) is 5.91 Å². The maximum Gasteiger partial charge on any atom is 0.270 e. The van der Waals surface area contributed by atoms with Gasteiger partial charge in [0, 0.05) is 5.02 Å². The van der Waals surface area contributed by atoms with Crippen LogP contribution in [0, 0.1) is 0 Å². The third-order valence-corrected chi connectivity index (χ3v) is 4.88. The zero-order valence-electron chi connectivity index (χ0n) is 12.1. The average Bonchev–Trinajstić information content (AvgIpc) is 2.83. The molecule has 0 atom stereocenters. The van der Waals surface area contributed by atoms with Gasteiger partial charge in [0.2, 0.25) is 0 Å². The number of carbonyl (C=O) groups excluding carboxylic acids is 2. The number of halogens is 1. The first-order chi connectivity index (χ1) is 11.5. The molecular weight excluding hydrogens is 366 g/mol. The standard InChI is InChI=1S/C17H10ClNO3S2/c18-12-5-1-10(2-6-12)9-14-15(20)19(17(23)24-14)13-7-3-11(4-8-13)16(21)22/h1-9H,(H,21,22)/p-1/b14-9-. The van der Waals surface area contributed by atoms with E-state index in [9.17, 15) is 14.7 Å². The number of hydrogen-bond donors (Lipinski definition) is 0. The van der Waals surface area contributed by atoms with Crippen LogP contribution in [-0.4, -0.2) is 16.2 Å². The van der Waals surface area contributed by atoms with Gasteiger partial charge in [-0.05, 0) is 41.5 Å². The summed E-state index contributed by atoms with van der Waals surface area (Å²) in [7, 11) is 0. The minimum atomic E-state index is -1.27. The van der Waals surface area contributed by atoms with Crippen LogP contribution in [0.1, 0.15) is 15.9 Å². The van der Waals surface area contributed by atoms with E-state index < -0.39 is 5.97 Å². The molecule has 0 N–H and O–H groups in total. The summed E-state index contributed by atoms with van der Waals surface area (Å²) in [5.41, 5.74) is 1.40. The number of carboxylic acid groups (broad SMARTS) is 1. The molecule has 1 heterocycles. The van der Waals surface area contributed by atoms with E-state index in [0.29, 0.717) is 19.9 Å². The lowest BCUT2D eigenvalue weighted by Gasteiger charge is -2.15. The molecule has 0 unspecified atom stereocenters. The second-order valence-corrected chi connectivity index (χ2v) is 7.02. The van der Waals surface area contributed by atoms with E-state index in [1.54, 1.807) is 18.2 Å². The highest BCUT2D eigenvalue weighted by Gasteiger charge is 2.33. The molecule has 1 aliphatic rings. The maximum absolute atomic E-state index is 12.6. The summed E-state index contributed by atoms with van der Waals surface area (Å²) in [6.45, 7) is 0. The number of carboxylic acids is 1. The van der Waals surface area contributed by atoms with Gasteiger partial charge in [0.15, 0.2) is 4.32 Å². The Morgan fingerprint density at radius 3 is 2.33 bits per heavy atom. The number of anilines is 1. The van der Waals surface area contributed by atoms with Crippen molar-refractivity contribution in [2.45, 2.75) is 0 Å². The molecule has 1 fully saturated rings. The predicted molar refractivity (Wildman–Crippen MR) is 97.9 cm³/mol. The van der Waals surface area contributed by atoms with Crippen LogP contribution >= 0.6 is 35.6 Å². The molecule has 1 aliphatic heterocycles. The van der Waals surface area contributed by atoms with Crippen LogP contribution < -0.4 is 10.0 Å². The number of hydrogen-bond acceptors (Lipinski definition) is 5. The van der Waals surface area contributed by atoms with Crippen molar-refractivity contribution in [3.8, 4) is 0 Å². The van der Waals surface area contributed by atoms with Gasteiger partial charge in [-0.25, -0.2) is 0 Å². The summed E-state index contributed by atoms with van der Waals surface area (Å²) < 4.78 is 0.390. The molecular formula is C17H9ClNO3S2-. The van der Waals surface area contributed by atoms with Crippen molar-refractivity contribution in [1.29, 1.82) is 0 Å². The number of aromatic carboxylic acids is 1. The summed E-state index contributed by atoms with van der Waals surface area (Å²) in [6, 6.07) is 12.9. The molecule has 0 spiro atoms. The summed E-state index contributed by atoms with van der Waals surface area (Å²) in [5.74, 6) is -1.52. The normalized spacial score (nSPS) is 16.0. The molecule has 0 saturated carbocycles. The Morgan fingerprint density at radius 2 is 1.75 bits per heavy atom. The van der Waals surface area contributed by atoms with E-state index in [1.807, 2.05) is 12.1 Å². The predicted octanol–water partition coefficient (Wildman–Crippen LogP) is 3.11. The first kappa shape index (κ1) is 16.7. The van der Waals surface area contributed by atoms with Crippen molar-refractivity contribution in [2.24, 2.45) is 0 Å². The SMILES string of the molecule is O=C([O-])c1ccc(N2C(=O)/C(=C/c3ccc(Cl)cc3)SC2=S)cc1. The number of amides is 1. The zero-order chi connectivity index (χ0) is 17.3. The minimum absolute atomic E-state index is 0.0425. The van der Waals surface area contributed by atoms with Gasteiger partial charge in [-0.15, -0.1) is 0 Å². The van der Waals surface area contributed by atoms with Crippen molar-refractivity contribution in [3.63, 3.8) is 0 Å². The fourth-order valence-corrected chi connectivity index (χ4v) is 3.57. The Kier molecular flexibility index (Phi) is 4.71. The Bertz CT molecular complexity index is 860. The molecule has 2 aromatic carbocycles. The van der Waals surface area contributed by atoms with Crippen LogP contribution in [0.15, 0.2) is 53.4 Å². The molecule has 3 rings (SSSR count). The molecule has 1 saturated heterocycles. The van der Waals surface area contributed by atoms with Gasteiger partial charge in [0.05, 0.1) is 16.6 Å². The smallest absolute Gasteiger partial charge is 0.270 e. The first-order valence-electron chi connectivity index (χ1n) is 6.80. The fourth-order valence-electron chi connectivity index (χ4n) is 2.15. The molecule has 0 radical (unpaired) electrons. The van der Waals surface area contributed by atoms with E-state index in [1.165, 1.54) is 40.9 Å². The second kappa shape index (κ2) is 6.76. The minimum Gasteiger partial charge on any atom is -0.545 e. The molecule has 4 nitrogen and oxygen atoms in total. The third-order valence-electron chi connectivity index (χ3n) is 3.32. The average molecular weight is 375 g/mol. The highest BCUT2D eigenvalue weighted by Crippen LogP contribution is 2.36. The van der Waals surface area contributed by atoms with Crippen LogP contribution in [0.2, 0.25) is 5.02 Å². The molecule has 24 heavy (non-hydrogen) atoms. The van der Waals surface area contributed by atoms with Crippen molar-refractivity contribution >= 4 is 63.5 Å². The van der Waals surface area contributed by atoms with Crippen LogP contribution in [0.4, 0.5) is 5.69 Å². The van der Waals surface area contributed by atoms with Crippen LogP contribution in [0.25, 0.3) is 6.08 Å². The molecule has 2 aromatic rings. The van der Waals surface area contributed by atoms with Crippen LogP contribution in [0.3, 0.4) is 0 Å². The molecule has 0 aliphatic carbocycles. The van der Waals surface area contributed by atoms with Crippen molar-refractivity contribution in [3.05, 3.63) is 69.6 Å². The Balaban J connectivity index is 1.88. The van der Waals surface area contributed by atoms with Crippen molar-refractivity contribution < 1.29 is 14.7 Å². The Morgan fingerprint density at radius 1 is 1.12 bits per heavy atom. The molecule has 0 bridgehead atoms. The number of nitrogens with zero attached hydrogens (tertiary/aromatic N) is 1. The van der Waals surface area contributed by atoms with Crippen LogP contribution in [-0.2, 0) is 4.79 Å². The highest BCUT2D eigenvalue weighted by molar-refractivity contribution is 8.27.